The number of nitrogens with zero attached hydrogens (tertiary/aromatic N) is 5. The molecule has 17 heavy (non-hydrogen) atoms. The van der Waals surface area contributed by atoms with Crippen LogP contribution in [0, 0.1) is 0 Å². The van der Waals surface area contributed by atoms with Crippen LogP contribution in [0.25, 0.3) is 5.95 Å². The van der Waals surface area contributed by atoms with Gasteiger partial charge >= 0.3 is 0 Å². The lowest BCUT2D eigenvalue weighted by Crippen LogP contribution is -2.07. The number of aryl methyl sites for hydroxylation is 2. The summed E-state index contributed by atoms with van der Waals surface area (Å²) in [6, 6.07) is 0. The Morgan fingerprint density at radius 1 is 1.24 bits per heavy atom. The van der Waals surface area contributed by atoms with E-state index in [1.165, 1.54) is 12.4 Å². The first-order valence-corrected chi connectivity index (χ1v) is 5.50. The molecule has 0 aliphatic carbocycles. The highest BCUT2D eigenvalue weighted by Gasteiger charge is 2.10. The van der Waals surface area contributed by atoms with Gasteiger partial charge in [0, 0.05) is 25.2 Å². The molecule has 0 atom stereocenters. The molecule has 2 aromatic heterocycles. The van der Waals surface area contributed by atoms with Crippen molar-refractivity contribution < 1.29 is 4.79 Å². The number of carbonyl (C=O) groups excluding carboxylic acids is 1. The second kappa shape index (κ2) is 4.82. The van der Waals surface area contributed by atoms with Gasteiger partial charge in [0.05, 0.1) is 5.56 Å². The van der Waals surface area contributed by atoms with E-state index in [4.69, 9.17) is 0 Å². The fraction of sp³-hybridized carbons (Fsp3) is 0.364. The van der Waals surface area contributed by atoms with Crippen molar-refractivity contribution in [3.05, 3.63) is 29.6 Å². The van der Waals surface area contributed by atoms with Gasteiger partial charge in [-0.15, -0.1) is 5.10 Å². The van der Waals surface area contributed by atoms with Crippen LogP contribution in [-0.2, 0) is 12.8 Å². The Bertz CT molecular complexity index is 517. The zero-order valence-corrected chi connectivity index (χ0v) is 9.79. The standard InChI is InChI=1S/C11H13N5O/c1-3-9-14-10(4-2)16(15-9)11-12-5-8(7-17)6-13-11/h5-7H,3-4H2,1-2H3. The van der Waals surface area contributed by atoms with E-state index in [2.05, 4.69) is 20.1 Å². The molecule has 6 nitrogen and oxygen atoms in total. The highest BCUT2D eigenvalue weighted by molar-refractivity contribution is 5.73. The lowest BCUT2D eigenvalue weighted by molar-refractivity contribution is 0.112. The fourth-order valence-electron chi connectivity index (χ4n) is 1.43. The number of rotatable bonds is 4. The molecule has 0 amide bonds. The van der Waals surface area contributed by atoms with Gasteiger partial charge in [0.15, 0.2) is 12.1 Å². The maximum absolute atomic E-state index is 10.5. The SMILES string of the molecule is CCc1nc(CC)n(-c2ncc(C=O)cn2)n1. The van der Waals surface area contributed by atoms with Crippen molar-refractivity contribution in [3.63, 3.8) is 0 Å². The summed E-state index contributed by atoms with van der Waals surface area (Å²) < 4.78 is 1.62. The van der Waals surface area contributed by atoms with Crippen LogP contribution in [0.3, 0.4) is 0 Å². The van der Waals surface area contributed by atoms with E-state index >= 15 is 0 Å². The maximum atomic E-state index is 10.5. The lowest BCUT2D eigenvalue weighted by Gasteiger charge is -2.01. The molecule has 0 radical (unpaired) electrons. The summed E-state index contributed by atoms with van der Waals surface area (Å²) in [5.41, 5.74) is 0.447. The molecule has 0 saturated carbocycles. The van der Waals surface area contributed by atoms with Gasteiger partial charge in [0.1, 0.15) is 5.82 Å². The number of hydrogen-bond donors (Lipinski definition) is 0. The molecule has 2 rings (SSSR count). The predicted molar refractivity (Wildman–Crippen MR) is 61.1 cm³/mol. The second-order valence-electron chi connectivity index (χ2n) is 3.50. The molecule has 0 aromatic carbocycles. The third-order valence-corrected chi connectivity index (χ3v) is 2.33. The molecule has 0 spiro atoms. The zero-order chi connectivity index (χ0) is 12.3. The van der Waals surface area contributed by atoms with Crippen molar-refractivity contribution in [2.75, 3.05) is 0 Å². The van der Waals surface area contributed by atoms with Crippen molar-refractivity contribution in [2.24, 2.45) is 0 Å². The molecule has 0 fully saturated rings. The van der Waals surface area contributed by atoms with Gasteiger partial charge in [-0.05, 0) is 0 Å². The minimum Gasteiger partial charge on any atom is -0.298 e. The molecular formula is C11H13N5O. The highest BCUT2D eigenvalue weighted by atomic mass is 16.1. The van der Waals surface area contributed by atoms with Crippen molar-refractivity contribution in [1.29, 1.82) is 0 Å². The summed E-state index contributed by atoms with van der Waals surface area (Å²) in [4.78, 5) is 23.1. The zero-order valence-electron chi connectivity index (χ0n) is 9.79. The third kappa shape index (κ3) is 2.20. The molecule has 6 heteroatoms. The Balaban J connectivity index is 2.43. The van der Waals surface area contributed by atoms with Crippen LogP contribution in [0.5, 0.6) is 0 Å². The second-order valence-corrected chi connectivity index (χ2v) is 3.50. The molecule has 0 bridgehead atoms. The Kier molecular flexibility index (Phi) is 3.22. The van der Waals surface area contributed by atoms with Gasteiger partial charge in [-0.2, -0.15) is 4.68 Å². The van der Waals surface area contributed by atoms with E-state index in [0.717, 1.165) is 24.5 Å². The van der Waals surface area contributed by atoms with Crippen LogP contribution >= 0.6 is 0 Å². The molecule has 0 aliphatic heterocycles. The topological polar surface area (TPSA) is 73.6 Å². The van der Waals surface area contributed by atoms with Crippen LogP contribution in [0.2, 0.25) is 0 Å². The molecule has 2 heterocycles. The minimum absolute atomic E-state index is 0.444. The Morgan fingerprint density at radius 3 is 2.47 bits per heavy atom. The average molecular weight is 231 g/mol. The number of aromatic nitrogens is 5. The fourth-order valence-corrected chi connectivity index (χ4v) is 1.43. The maximum Gasteiger partial charge on any atom is 0.252 e. The quantitative estimate of drug-likeness (QED) is 0.734. The largest absolute Gasteiger partial charge is 0.298 e. The summed E-state index contributed by atoms with van der Waals surface area (Å²) in [6.45, 7) is 4.00. The van der Waals surface area contributed by atoms with E-state index < -0.39 is 0 Å². The van der Waals surface area contributed by atoms with E-state index in [1.54, 1.807) is 4.68 Å². The Hall–Kier alpha value is -2.11. The van der Waals surface area contributed by atoms with E-state index in [1.807, 2.05) is 13.8 Å². The molecule has 0 unspecified atom stereocenters. The van der Waals surface area contributed by atoms with Crippen molar-refractivity contribution in [1.82, 2.24) is 24.7 Å². The summed E-state index contributed by atoms with van der Waals surface area (Å²) in [7, 11) is 0. The third-order valence-electron chi connectivity index (χ3n) is 2.33. The van der Waals surface area contributed by atoms with Crippen molar-refractivity contribution in [2.45, 2.75) is 26.7 Å². The summed E-state index contributed by atoms with van der Waals surface area (Å²) in [5, 5.41) is 4.32. The van der Waals surface area contributed by atoms with E-state index in [0.29, 0.717) is 17.8 Å². The van der Waals surface area contributed by atoms with Gasteiger partial charge in [-0.25, -0.2) is 15.0 Å². The Morgan fingerprint density at radius 2 is 1.94 bits per heavy atom. The minimum atomic E-state index is 0.444. The molecule has 88 valence electrons. The molecule has 0 aliphatic rings. The van der Waals surface area contributed by atoms with Gasteiger partial charge in [-0.3, -0.25) is 4.79 Å². The number of carbonyl (C=O) groups is 1. The van der Waals surface area contributed by atoms with Crippen LogP contribution in [0.15, 0.2) is 12.4 Å². The number of hydrogen-bond acceptors (Lipinski definition) is 5. The summed E-state index contributed by atoms with van der Waals surface area (Å²) in [5.74, 6) is 2.03. The number of aldehydes is 1. The van der Waals surface area contributed by atoms with Gasteiger partial charge in [0.25, 0.3) is 5.95 Å². The first-order chi connectivity index (χ1) is 8.28. The monoisotopic (exact) mass is 231 g/mol. The lowest BCUT2D eigenvalue weighted by atomic mass is 10.4. The molecule has 0 saturated heterocycles. The average Bonchev–Trinajstić information content (AvgIpc) is 2.82. The van der Waals surface area contributed by atoms with Gasteiger partial charge in [0.2, 0.25) is 0 Å². The Labute approximate surface area is 98.7 Å². The van der Waals surface area contributed by atoms with Crippen LogP contribution < -0.4 is 0 Å². The molecule has 0 N–H and O–H groups in total. The molecule has 2 aromatic rings. The summed E-state index contributed by atoms with van der Waals surface area (Å²) >= 11 is 0. The van der Waals surface area contributed by atoms with Crippen molar-refractivity contribution in [3.8, 4) is 5.95 Å². The highest BCUT2D eigenvalue weighted by Crippen LogP contribution is 2.06. The van der Waals surface area contributed by atoms with Crippen molar-refractivity contribution >= 4 is 6.29 Å². The summed E-state index contributed by atoms with van der Waals surface area (Å²) in [6.07, 6.45) is 5.19. The van der Waals surface area contributed by atoms with Gasteiger partial charge in [-0.1, -0.05) is 13.8 Å². The van der Waals surface area contributed by atoms with E-state index in [-0.39, 0.29) is 0 Å². The van der Waals surface area contributed by atoms with Crippen LogP contribution in [0.1, 0.15) is 35.9 Å². The normalized spacial score (nSPS) is 10.5. The van der Waals surface area contributed by atoms with Gasteiger partial charge < -0.3 is 0 Å². The molecular weight excluding hydrogens is 218 g/mol. The first-order valence-electron chi connectivity index (χ1n) is 5.50. The first kappa shape index (κ1) is 11.4. The predicted octanol–water partition coefficient (Wildman–Crippen LogP) is 0.995. The smallest absolute Gasteiger partial charge is 0.252 e. The van der Waals surface area contributed by atoms with E-state index in [9.17, 15) is 4.79 Å². The van der Waals surface area contributed by atoms with Crippen LogP contribution in [-0.4, -0.2) is 31.0 Å². The van der Waals surface area contributed by atoms with Crippen LogP contribution in [0.4, 0.5) is 0 Å².